The van der Waals surface area contributed by atoms with Crippen molar-refractivity contribution in [2.24, 2.45) is 11.8 Å². The van der Waals surface area contributed by atoms with Gasteiger partial charge in [-0.05, 0) is 30.9 Å². The topological polar surface area (TPSA) is 43.4 Å². The summed E-state index contributed by atoms with van der Waals surface area (Å²) in [6.45, 7) is 1.97. The molecule has 19 heavy (non-hydrogen) atoms. The predicted octanol–water partition coefficient (Wildman–Crippen LogP) is 3.27. The Labute approximate surface area is 114 Å². The number of Topliss-reactive ketones (excluding diaryl/α,β-unsaturated/α-hetero) is 2. The summed E-state index contributed by atoms with van der Waals surface area (Å²) in [5.41, 5.74) is 0.621. The van der Waals surface area contributed by atoms with E-state index >= 15 is 0 Å². The monoisotopic (exact) mass is 260 g/mol. The quantitative estimate of drug-likeness (QED) is 0.780. The van der Waals surface area contributed by atoms with Gasteiger partial charge in [-0.3, -0.25) is 9.59 Å². The summed E-state index contributed by atoms with van der Waals surface area (Å²) in [5.74, 6) is 1.34. The van der Waals surface area contributed by atoms with Gasteiger partial charge < -0.3 is 4.74 Å². The fraction of sp³-hybridized carbons (Fsp3) is 0.500. The molecule has 3 nitrogen and oxygen atoms in total. The molecule has 0 radical (unpaired) electrons. The third-order valence-electron chi connectivity index (χ3n) is 3.93. The summed E-state index contributed by atoms with van der Waals surface area (Å²) < 4.78 is 5.21. The Morgan fingerprint density at radius 2 is 2.05 bits per heavy atom. The van der Waals surface area contributed by atoms with Gasteiger partial charge in [0, 0.05) is 18.8 Å². The fourth-order valence-corrected chi connectivity index (χ4v) is 2.66. The Kier molecular flexibility index (Phi) is 4.35. The normalized spacial score (nSPS) is 23.2. The first-order valence-corrected chi connectivity index (χ1v) is 6.80. The molecular weight excluding hydrogens is 240 g/mol. The zero-order chi connectivity index (χ0) is 13.8. The maximum absolute atomic E-state index is 12.3. The molecule has 1 fully saturated rings. The second-order valence-corrected chi connectivity index (χ2v) is 5.34. The van der Waals surface area contributed by atoms with E-state index in [1.54, 1.807) is 19.2 Å². The zero-order valence-electron chi connectivity index (χ0n) is 11.5. The number of ketones is 2. The molecule has 0 spiro atoms. The number of hydrogen-bond acceptors (Lipinski definition) is 3. The second-order valence-electron chi connectivity index (χ2n) is 5.34. The number of para-hydroxylation sites is 1. The Hall–Kier alpha value is -1.64. The first-order chi connectivity index (χ1) is 9.11. The first-order valence-electron chi connectivity index (χ1n) is 6.80. The minimum absolute atomic E-state index is 0.0739. The van der Waals surface area contributed by atoms with Crippen LogP contribution in [0.4, 0.5) is 0 Å². The van der Waals surface area contributed by atoms with Crippen molar-refractivity contribution in [2.75, 3.05) is 7.11 Å². The summed E-state index contributed by atoms with van der Waals surface area (Å²) in [5, 5.41) is 0. The van der Waals surface area contributed by atoms with E-state index in [-0.39, 0.29) is 17.6 Å². The van der Waals surface area contributed by atoms with Crippen LogP contribution in [0.15, 0.2) is 24.3 Å². The summed E-state index contributed by atoms with van der Waals surface area (Å²) in [4.78, 5) is 24.0. The molecule has 1 aliphatic carbocycles. The summed E-state index contributed by atoms with van der Waals surface area (Å²) >= 11 is 0. The van der Waals surface area contributed by atoms with E-state index in [4.69, 9.17) is 4.74 Å². The second kappa shape index (κ2) is 6.00. The molecule has 0 saturated heterocycles. The van der Waals surface area contributed by atoms with Crippen LogP contribution in [0, 0.1) is 11.8 Å². The lowest BCUT2D eigenvalue weighted by atomic mass is 9.79. The summed E-state index contributed by atoms with van der Waals surface area (Å²) in [6, 6.07) is 7.26. The molecule has 1 aromatic rings. The van der Waals surface area contributed by atoms with Crippen LogP contribution in [-0.4, -0.2) is 18.7 Å². The van der Waals surface area contributed by atoms with E-state index in [2.05, 4.69) is 0 Å². The highest BCUT2D eigenvalue weighted by Gasteiger charge is 2.27. The molecule has 1 aromatic carbocycles. The molecule has 2 atom stereocenters. The van der Waals surface area contributed by atoms with E-state index in [0.29, 0.717) is 29.9 Å². The molecule has 102 valence electrons. The van der Waals surface area contributed by atoms with Gasteiger partial charge in [-0.1, -0.05) is 19.1 Å². The van der Waals surface area contributed by atoms with Gasteiger partial charge in [0.2, 0.25) is 0 Å². The minimum atomic E-state index is 0.0739. The molecule has 0 amide bonds. The van der Waals surface area contributed by atoms with Crippen LogP contribution in [0.5, 0.6) is 5.75 Å². The Bertz CT molecular complexity index is 479. The van der Waals surface area contributed by atoms with Gasteiger partial charge in [0.15, 0.2) is 5.78 Å². The van der Waals surface area contributed by atoms with E-state index in [1.165, 1.54) is 0 Å². The van der Waals surface area contributed by atoms with Crippen molar-refractivity contribution < 1.29 is 14.3 Å². The highest BCUT2D eigenvalue weighted by atomic mass is 16.5. The molecule has 0 N–H and O–H groups in total. The van der Waals surface area contributed by atoms with Crippen molar-refractivity contribution in [3.63, 3.8) is 0 Å². The predicted molar refractivity (Wildman–Crippen MR) is 73.5 cm³/mol. The van der Waals surface area contributed by atoms with Crippen molar-refractivity contribution in [1.82, 2.24) is 0 Å². The number of benzene rings is 1. The molecule has 1 saturated carbocycles. The fourth-order valence-electron chi connectivity index (χ4n) is 2.66. The number of ether oxygens (including phenoxy) is 1. The van der Waals surface area contributed by atoms with Crippen LogP contribution in [0.2, 0.25) is 0 Å². The molecular formula is C16H20O3. The smallest absolute Gasteiger partial charge is 0.166 e. The number of methoxy groups -OCH3 is 1. The van der Waals surface area contributed by atoms with Gasteiger partial charge >= 0.3 is 0 Å². The van der Waals surface area contributed by atoms with Gasteiger partial charge in [0.1, 0.15) is 11.5 Å². The minimum Gasteiger partial charge on any atom is -0.496 e. The molecule has 3 heteroatoms. The molecule has 0 bridgehead atoms. The maximum Gasteiger partial charge on any atom is 0.166 e. The highest BCUT2D eigenvalue weighted by Crippen LogP contribution is 2.30. The molecule has 1 aliphatic rings. The highest BCUT2D eigenvalue weighted by molar-refractivity contribution is 5.99. The van der Waals surface area contributed by atoms with Gasteiger partial charge in [0.25, 0.3) is 0 Å². The van der Waals surface area contributed by atoms with Crippen LogP contribution in [0.1, 0.15) is 43.0 Å². The SMILES string of the molecule is COc1ccccc1C(=O)C[C@H]1CC[C@@H](C)C(=O)C1. The van der Waals surface area contributed by atoms with E-state index in [1.807, 2.05) is 19.1 Å². The van der Waals surface area contributed by atoms with Crippen molar-refractivity contribution in [1.29, 1.82) is 0 Å². The van der Waals surface area contributed by atoms with E-state index in [0.717, 1.165) is 12.8 Å². The van der Waals surface area contributed by atoms with Crippen LogP contribution in [-0.2, 0) is 4.79 Å². The van der Waals surface area contributed by atoms with Crippen LogP contribution < -0.4 is 4.74 Å². The maximum atomic E-state index is 12.3. The molecule has 0 aromatic heterocycles. The average molecular weight is 260 g/mol. The van der Waals surface area contributed by atoms with Crippen LogP contribution >= 0.6 is 0 Å². The Morgan fingerprint density at radius 3 is 2.74 bits per heavy atom. The lowest BCUT2D eigenvalue weighted by Gasteiger charge is -2.24. The zero-order valence-corrected chi connectivity index (χ0v) is 11.5. The summed E-state index contributed by atoms with van der Waals surface area (Å²) in [7, 11) is 1.57. The average Bonchev–Trinajstić information content (AvgIpc) is 2.43. The number of hydrogen-bond donors (Lipinski definition) is 0. The lowest BCUT2D eigenvalue weighted by Crippen LogP contribution is -2.24. The van der Waals surface area contributed by atoms with Crippen molar-refractivity contribution in [2.45, 2.75) is 32.6 Å². The Morgan fingerprint density at radius 1 is 1.32 bits per heavy atom. The van der Waals surface area contributed by atoms with Crippen LogP contribution in [0.25, 0.3) is 0 Å². The largest absolute Gasteiger partial charge is 0.496 e. The van der Waals surface area contributed by atoms with Gasteiger partial charge in [0.05, 0.1) is 12.7 Å². The van der Waals surface area contributed by atoms with Gasteiger partial charge in [-0.25, -0.2) is 0 Å². The van der Waals surface area contributed by atoms with Crippen molar-refractivity contribution in [3.8, 4) is 5.75 Å². The lowest BCUT2D eigenvalue weighted by molar-refractivity contribution is -0.125. The number of carbonyl (C=O) groups is 2. The van der Waals surface area contributed by atoms with Crippen LogP contribution in [0.3, 0.4) is 0 Å². The van der Waals surface area contributed by atoms with E-state index in [9.17, 15) is 9.59 Å². The van der Waals surface area contributed by atoms with Gasteiger partial charge in [-0.15, -0.1) is 0 Å². The Balaban J connectivity index is 2.03. The molecule has 0 heterocycles. The third kappa shape index (κ3) is 3.22. The third-order valence-corrected chi connectivity index (χ3v) is 3.93. The molecule has 0 aliphatic heterocycles. The molecule has 2 rings (SSSR count). The van der Waals surface area contributed by atoms with Gasteiger partial charge in [-0.2, -0.15) is 0 Å². The first kappa shape index (κ1) is 13.8. The van der Waals surface area contributed by atoms with Crippen molar-refractivity contribution in [3.05, 3.63) is 29.8 Å². The number of carbonyl (C=O) groups excluding carboxylic acids is 2. The standard InChI is InChI=1S/C16H20O3/c1-11-7-8-12(9-14(11)17)10-15(18)13-5-3-4-6-16(13)19-2/h3-6,11-12H,7-10H2,1-2H3/t11-,12+/m1/s1. The van der Waals surface area contributed by atoms with E-state index < -0.39 is 0 Å². The van der Waals surface area contributed by atoms with Crippen molar-refractivity contribution >= 4 is 11.6 Å². The summed E-state index contributed by atoms with van der Waals surface area (Å²) in [6.07, 6.45) is 2.86. The number of rotatable bonds is 4. The molecule has 0 unspecified atom stereocenters.